The molecule has 2 rings (SSSR count). The van der Waals surface area contributed by atoms with Gasteiger partial charge in [0.1, 0.15) is 23.0 Å². The van der Waals surface area contributed by atoms with E-state index in [4.69, 9.17) is 17.3 Å². The first-order valence-corrected chi connectivity index (χ1v) is 6.19. The van der Waals surface area contributed by atoms with E-state index in [9.17, 15) is 4.39 Å². The molecule has 4 nitrogen and oxygen atoms in total. The standard InChI is InChI=1S/C11H9BrClFN4/c12-8-2-1-7(14)3-6(8)4-16-11-9(13)10(15)17-5-18-11/h1-3,5H,4H2,(H3,15,16,17,18). The molecule has 0 saturated carbocycles. The lowest BCUT2D eigenvalue weighted by Gasteiger charge is -2.09. The van der Waals surface area contributed by atoms with Crippen LogP contribution in [0.4, 0.5) is 16.0 Å². The number of hydrogen-bond donors (Lipinski definition) is 2. The van der Waals surface area contributed by atoms with Gasteiger partial charge in [0.15, 0.2) is 5.82 Å². The molecule has 0 spiro atoms. The van der Waals surface area contributed by atoms with E-state index in [1.165, 1.54) is 18.5 Å². The highest BCUT2D eigenvalue weighted by Crippen LogP contribution is 2.25. The molecule has 0 aliphatic rings. The molecule has 7 heteroatoms. The van der Waals surface area contributed by atoms with Crippen molar-refractivity contribution >= 4 is 39.2 Å². The highest BCUT2D eigenvalue weighted by Gasteiger charge is 2.07. The molecule has 0 amide bonds. The topological polar surface area (TPSA) is 63.8 Å². The van der Waals surface area contributed by atoms with Gasteiger partial charge in [-0.05, 0) is 23.8 Å². The summed E-state index contributed by atoms with van der Waals surface area (Å²) >= 11 is 9.27. The van der Waals surface area contributed by atoms with E-state index >= 15 is 0 Å². The first kappa shape index (κ1) is 13.0. The Bertz CT molecular complexity index is 577. The van der Waals surface area contributed by atoms with Crippen molar-refractivity contribution in [1.82, 2.24) is 9.97 Å². The average Bonchev–Trinajstić information content (AvgIpc) is 2.35. The van der Waals surface area contributed by atoms with E-state index in [0.717, 1.165) is 10.0 Å². The summed E-state index contributed by atoms with van der Waals surface area (Å²) in [5.74, 6) is 0.316. The summed E-state index contributed by atoms with van der Waals surface area (Å²) in [6, 6.07) is 4.45. The van der Waals surface area contributed by atoms with E-state index in [0.29, 0.717) is 12.4 Å². The predicted octanol–water partition coefficient (Wildman–Crippen LogP) is 3.23. The number of hydrogen-bond acceptors (Lipinski definition) is 4. The summed E-state index contributed by atoms with van der Waals surface area (Å²) in [6.07, 6.45) is 1.31. The molecule has 1 aromatic heterocycles. The van der Waals surface area contributed by atoms with Crippen LogP contribution >= 0.6 is 27.5 Å². The molecule has 18 heavy (non-hydrogen) atoms. The number of nitrogen functional groups attached to an aromatic ring is 1. The lowest BCUT2D eigenvalue weighted by molar-refractivity contribution is 0.625. The van der Waals surface area contributed by atoms with Crippen LogP contribution in [0.5, 0.6) is 0 Å². The lowest BCUT2D eigenvalue weighted by Crippen LogP contribution is -2.05. The molecule has 94 valence electrons. The fourth-order valence-electron chi connectivity index (χ4n) is 1.36. The van der Waals surface area contributed by atoms with Crippen molar-refractivity contribution in [3.05, 3.63) is 45.4 Å². The van der Waals surface area contributed by atoms with Crippen LogP contribution in [0.25, 0.3) is 0 Å². The minimum atomic E-state index is -0.303. The summed E-state index contributed by atoms with van der Waals surface area (Å²) in [4.78, 5) is 7.71. The third kappa shape index (κ3) is 2.88. The van der Waals surface area contributed by atoms with Gasteiger partial charge < -0.3 is 11.1 Å². The van der Waals surface area contributed by atoms with Crippen LogP contribution in [-0.2, 0) is 6.54 Å². The van der Waals surface area contributed by atoms with Crippen molar-refractivity contribution in [2.45, 2.75) is 6.54 Å². The molecular formula is C11H9BrClFN4. The molecule has 1 aromatic carbocycles. The Morgan fingerprint density at radius 3 is 2.94 bits per heavy atom. The molecule has 1 heterocycles. The number of anilines is 2. The molecule has 0 saturated heterocycles. The number of benzene rings is 1. The summed E-state index contributed by atoms with van der Waals surface area (Å²) in [6.45, 7) is 0.370. The average molecular weight is 332 g/mol. The van der Waals surface area contributed by atoms with E-state index in [2.05, 4.69) is 31.2 Å². The third-order valence-corrected chi connectivity index (χ3v) is 3.42. The lowest BCUT2D eigenvalue weighted by atomic mass is 10.2. The van der Waals surface area contributed by atoms with Gasteiger partial charge >= 0.3 is 0 Å². The summed E-state index contributed by atoms with van der Waals surface area (Å²) in [5, 5.41) is 3.23. The molecule has 0 aliphatic carbocycles. The Morgan fingerprint density at radius 1 is 1.39 bits per heavy atom. The monoisotopic (exact) mass is 330 g/mol. The zero-order chi connectivity index (χ0) is 13.1. The second-order valence-corrected chi connectivity index (χ2v) is 4.74. The van der Waals surface area contributed by atoms with Crippen LogP contribution in [0.15, 0.2) is 29.0 Å². The van der Waals surface area contributed by atoms with Crippen LogP contribution in [0.3, 0.4) is 0 Å². The van der Waals surface area contributed by atoms with Gasteiger partial charge in [-0.1, -0.05) is 27.5 Å². The zero-order valence-corrected chi connectivity index (χ0v) is 11.5. The largest absolute Gasteiger partial charge is 0.382 e. The zero-order valence-electron chi connectivity index (χ0n) is 9.12. The number of aromatic nitrogens is 2. The number of nitrogens with two attached hydrogens (primary N) is 1. The Labute approximate surface area is 117 Å². The second-order valence-electron chi connectivity index (χ2n) is 3.51. The van der Waals surface area contributed by atoms with E-state index in [1.807, 2.05) is 0 Å². The first-order valence-electron chi connectivity index (χ1n) is 5.01. The van der Waals surface area contributed by atoms with Gasteiger partial charge in [0.25, 0.3) is 0 Å². The van der Waals surface area contributed by atoms with Gasteiger partial charge in [0, 0.05) is 11.0 Å². The van der Waals surface area contributed by atoms with Crippen LogP contribution in [0.2, 0.25) is 5.02 Å². The van der Waals surface area contributed by atoms with Crippen LogP contribution in [0.1, 0.15) is 5.56 Å². The molecule has 0 atom stereocenters. The van der Waals surface area contributed by atoms with Crippen molar-refractivity contribution in [2.24, 2.45) is 0 Å². The minimum absolute atomic E-state index is 0.201. The highest BCUT2D eigenvalue weighted by atomic mass is 79.9. The molecule has 3 N–H and O–H groups in total. The van der Waals surface area contributed by atoms with E-state index in [1.54, 1.807) is 6.07 Å². The normalized spacial score (nSPS) is 10.4. The van der Waals surface area contributed by atoms with Gasteiger partial charge in [-0.25, -0.2) is 14.4 Å². The van der Waals surface area contributed by atoms with Crippen molar-refractivity contribution in [2.75, 3.05) is 11.1 Å². The van der Waals surface area contributed by atoms with Crippen molar-refractivity contribution < 1.29 is 4.39 Å². The molecule has 0 fully saturated rings. The summed E-state index contributed by atoms with van der Waals surface area (Å²) in [5.41, 5.74) is 6.30. The molecule has 0 unspecified atom stereocenters. The molecule has 0 aliphatic heterocycles. The fraction of sp³-hybridized carbons (Fsp3) is 0.0909. The Balaban J connectivity index is 2.16. The van der Waals surface area contributed by atoms with Crippen molar-refractivity contribution in [3.8, 4) is 0 Å². The molecule has 0 bridgehead atoms. The number of nitrogens with one attached hydrogen (secondary N) is 1. The maximum atomic E-state index is 13.1. The van der Waals surface area contributed by atoms with Crippen LogP contribution < -0.4 is 11.1 Å². The highest BCUT2D eigenvalue weighted by molar-refractivity contribution is 9.10. The number of nitrogens with zero attached hydrogens (tertiary/aromatic N) is 2. The Kier molecular flexibility index (Phi) is 3.98. The smallest absolute Gasteiger partial charge is 0.150 e. The minimum Gasteiger partial charge on any atom is -0.382 e. The van der Waals surface area contributed by atoms with Gasteiger partial charge in [-0.15, -0.1) is 0 Å². The van der Waals surface area contributed by atoms with Gasteiger partial charge in [-0.2, -0.15) is 0 Å². The molecule has 2 aromatic rings. The third-order valence-electron chi connectivity index (χ3n) is 2.27. The van der Waals surface area contributed by atoms with Gasteiger partial charge in [0.2, 0.25) is 0 Å². The van der Waals surface area contributed by atoms with Crippen LogP contribution in [-0.4, -0.2) is 9.97 Å². The van der Waals surface area contributed by atoms with E-state index in [-0.39, 0.29) is 16.7 Å². The number of halogens is 3. The molecular weight excluding hydrogens is 323 g/mol. The Morgan fingerprint density at radius 2 is 2.17 bits per heavy atom. The van der Waals surface area contributed by atoms with Crippen LogP contribution in [0, 0.1) is 5.82 Å². The maximum absolute atomic E-state index is 13.1. The quantitative estimate of drug-likeness (QED) is 0.906. The van der Waals surface area contributed by atoms with E-state index < -0.39 is 0 Å². The molecule has 0 radical (unpaired) electrons. The number of rotatable bonds is 3. The first-order chi connectivity index (χ1) is 8.58. The summed E-state index contributed by atoms with van der Waals surface area (Å²) in [7, 11) is 0. The predicted molar refractivity (Wildman–Crippen MR) is 72.9 cm³/mol. The van der Waals surface area contributed by atoms with Gasteiger partial charge in [-0.3, -0.25) is 0 Å². The van der Waals surface area contributed by atoms with Crippen molar-refractivity contribution in [3.63, 3.8) is 0 Å². The fourth-order valence-corrected chi connectivity index (χ4v) is 1.92. The second kappa shape index (κ2) is 5.49. The van der Waals surface area contributed by atoms with Gasteiger partial charge in [0.05, 0.1) is 0 Å². The summed E-state index contributed by atoms with van der Waals surface area (Å²) < 4.78 is 13.9. The Hall–Kier alpha value is -1.40. The maximum Gasteiger partial charge on any atom is 0.150 e. The van der Waals surface area contributed by atoms with Crippen molar-refractivity contribution in [1.29, 1.82) is 0 Å². The SMILES string of the molecule is Nc1ncnc(NCc2cc(F)ccc2Br)c1Cl.